The van der Waals surface area contributed by atoms with Crippen LogP contribution in [0.4, 0.5) is 17.1 Å². The van der Waals surface area contributed by atoms with E-state index in [4.69, 9.17) is 0 Å². The van der Waals surface area contributed by atoms with Crippen molar-refractivity contribution in [1.82, 2.24) is 13.7 Å². The monoisotopic (exact) mass is 846 g/mol. The summed E-state index contributed by atoms with van der Waals surface area (Å²) in [7, 11) is 0. The van der Waals surface area contributed by atoms with E-state index >= 15 is 0 Å². The third kappa shape index (κ3) is 5.37. The molecule has 10 aromatic carbocycles. The second kappa shape index (κ2) is 14.1. The van der Waals surface area contributed by atoms with Gasteiger partial charge >= 0.3 is 0 Å². The fourth-order valence-electron chi connectivity index (χ4n) is 10.6. The number of hydrogen-bond acceptors (Lipinski definition) is 2. The van der Waals surface area contributed by atoms with Gasteiger partial charge in [0.25, 0.3) is 0 Å². The van der Waals surface area contributed by atoms with E-state index in [0.29, 0.717) is 0 Å². The van der Waals surface area contributed by atoms with Gasteiger partial charge in [-0.25, -0.2) is 0 Å². The van der Waals surface area contributed by atoms with Crippen LogP contribution in [0.5, 0.6) is 0 Å². The Bertz CT molecular complexity index is 4020. The minimum absolute atomic E-state index is 1.10. The fraction of sp³-hybridized carbons (Fsp3) is 0. The van der Waals surface area contributed by atoms with Crippen molar-refractivity contribution in [2.45, 2.75) is 0 Å². The van der Waals surface area contributed by atoms with E-state index in [-0.39, 0.29) is 0 Å². The predicted molar refractivity (Wildman–Crippen MR) is 277 cm³/mol. The Balaban J connectivity index is 1.07. The Labute approximate surface area is 378 Å². The summed E-state index contributed by atoms with van der Waals surface area (Å²) >= 11 is 1.90. The van der Waals surface area contributed by atoms with Gasteiger partial charge < -0.3 is 18.6 Å². The number of hydrogen-bond donors (Lipinski definition) is 0. The maximum atomic E-state index is 2.47. The largest absolute Gasteiger partial charge is 0.310 e. The molecule has 4 nitrogen and oxygen atoms in total. The van der Waals surface area contributed by atoms with Crippen molar-refractivity contribution in [2.24, 2.45) is 0 Å². The number of benzene rings is 10. The fourth-order valence-corrected chi connectivity index (χ4v) is 11.9. The standard InChI is InChI=1S/C60H38N4S/c1-4-16-39(17-5-1)62-52-25-13-10-22-45(52)49-36-42(28-32-54(49)62)61(43-29-33-55-50(37-43)46-23-11-14-26-53(46)63(55)40-18-6-2-7-19-40)44-30-34-56-51(38-44)59-57(64(56)41-20-8-3-9-21-41)35-31-48-47-24-12-15-27-58(47)65-60(48)59/h1-38H. The first-order valence-electron chi connectivity index (χ1n) is 22.2. The third-order valence-electron chi connectivity index (χ3n) is 13.4. The Morgan fingerprint density at radius 2 is 0.662 bits per heavy atom. The molecule has 0 saturated heterocycles. The predicted octanol–water partition coefficient (Wildman–Crippen LogP) is 16.8. The highest BCUT2D eigenvalue weighted by Crippen LogP contribution is 2.47. The molecule has 0 amide bonds. The summed E-state index contributed by atoms with van der Waals surface area (Å²) < 4.78 is 9.85. The lowest BCUT2D eigenvalue weighted by Gasteiger charge is -2.26. The first-order chi connectivity index (χ1) is 32.3. The molecule has 0 bridgehead atoms. The van der Waals surface area contributed by atoms with Gasteiger partial charge in [0.15, 0.2) is 0 Å². The molecule has 0 atom stereocenters. The number of para-hydroxylation sites is 5. The minimum atomic E-state index is 1.10. The van der Waals surface area contributed by atoms with Crippen LogP contribution in [-0.2, 0) is 0 Å². The van der Waals surface area contributed by atoms with E-state index in [1.165, 1.54) is 85.6 Å². The van der Waals surface area contributed by atoms with E-state index in [2.05, 4.69) is 249 Å². The highest BCUT2D eigenvalue weighted by molar-refractivity contribution is 7.26. The van der Waals surface area contributed by atoms with Gasteiger partial charge in [-0.1, -0.05) is 115 Å². The number of thiophene rings is 1. The molecule has 0 aliphatic heterocycles. The van der Waals surface area contributed by atoms with Crippen molar-refractivity contribution in [2.75, 3.05) is 4.90 Å². The van der Waals surface area contributed by atoms with Gasteiger partial charge in [-0.05, 0) is 115 Å². The summed E-state index contributed by atoms with van der Waals surface area (Å²) in [6.45, 7) is 0. The molecule has 0 unspecified atom stereocenters. The molecular formula is C60H38N4S. The van der Waals surface area contributed by atoms with Crippen molar-refractivity contribution in [3.63, 3.8) is 0 Å². The second-order valence-electron chi connectivity index (χ2n) is 16.9. The lowest BCUT2D eigenvalue weighted by atomic mass is 10.1. The van der Waals surface area contributed by atoms with E-state index in [1.807, 2.05) is 11.3 Å². The average Bonchev–Trinajstić information content (AvgIpc) is 4.11. The van der Waals surface area contributed by atoms with E-state index in [1.54, 1.807) is 0 Å². The molecule has 0 aliphatic rings. The Morgan fingerprint density at radius 3 is 1.18 bits per heavy atom. The summed E-state index contributed by atoms with van der Waals surface area (Å²) in [6.07, 6.45) is 0. The van der Waals surface area contributed by atoms with Crippen LogP contribution in [-0.4, -0.2) is 13.7 Å². The highest BCUT2D eigenvalue weighted by Gasteiger charge is 2.23. The Hall–Kier alpha value is -8.38. The smallest absolute Gasteiger partial charge is 0.0555 e. The molecule has 5 heteroatoms. The Morgan fingerprint density at radius 1 is 0.277 bits per heavy atom. The second-order valence-corrected chi connectivity index (χ2v) is 18.0. The van der Waals surface area contributed by atoms with Crippen LogP contribution < -0.4 is 4.90 Å². The first-order valence-corrected chi connectivity index (χ1v) is 23.0. The van der Waals surface area contributed by atoms with Crippen LogP contribution in [0, 0.1) is 0 Å². The normalized spacial score (nSPS) is 12.0. The van der Waals surface area contributed by atoms with E-state index in [0.717, 1.165) is 34.1 Å². The molecule has 0 radical (unpaired) electrons. The lowest BCUT2D eigenvalue weighted by molar-refractivity contribution is 1.18. The molecule has 0 N–H and O–H groups in total. The maximum Gasteiger partial charge on any atom is 0.0555 e. The molecule has 65 heavy (non-hydrogen) atoms. The van der Waals surface area contributed by atoms with Crippen molar-refractivity contribution in [3.05, 3.63) is 231 Å². The zero-order valence-electron chi connectivity index (χ0n) is 35.1. The number of rotatable bonds is 6. The minimum Gasteiger partial charge on any atom is -0.310 e. The third-order valence-corrected chi connectivity index (χ3v) is 14.6. The van der Waals surface area contributed by atoms with Gasteiger partial charge in [0.1, 0.15) is 0 Å². The topological polar surface area (TPSA) is 18.0 Å². The zero-order valence-corrected chi connectivity index (χ0v) is 36.0. The summed E-state index contributed by atoms with van der Waals surface area (Å²) in [6, 6.07) is 84.4. The molecule has 304 valence electrons. The summed E-state index contributed by atoms with van der Waals surface area (Å²) in [5.74, 6) is 0. The van der Waals surface area contributed by atoms with Gasteiger partial charge in [0.05, 0.1) is 33.1 Å². The van der Waals surface area contributed by atoms with E-state index in [9.17, 15) is 0 Å². The molecule has 4 heterocycles. The Kier molecular flexibility index (Phi) is 7.82. The van der Waals surface area contributed by atoms with Gasteiger partial charge in [-0.3, -0.25) is 0 Å². The van der Waals surface area contributed by atoms with Gasteiger partial charge in [-0.2, -0.15) is 0 Å². The van der Waals surface area contributed by atoms with Crippen LogP contribution in [0.3, 0.4) is 0 Å². The lowest BCUT2D eigenvalue weighted by Crippen LogP contribution is -2.10. The van der Waals surface area contributed by atoms with Gasteiger partial charge in [-0.15, -0.1) is 11.3 Å². The SMILES string of the molecule is c1ccc(-n2c3ccccc3c3cc(N(c4ccc5c(c4)c4ccccc4n5-c4ccccc4)c4ccc5c(c4)c4c6sc7ccccc7c6ccc4n5-c4ccccc4)ccc32)cc1. The quantitative estimate of drug-likeness (QED) is 0.163. The first kappa shape index (κ1) is 36.1. The van der Waals surface area contributed by atoms with Crippen LogP contribution in [0.25, 0.3) is 103 Å². The summed E-state index contributed by atoms with van der Waals surface area (Å²) in [5.41, 5.74) is 13.9. The van der Waals surface area contributed by atoms with Crippen molar-refractivity contribution < 1.29 is 0 Å². The summed E-state index contributed by atoms with van der Waals surface area (Å²) in [4.78, 5) is 2.47. The molecule has 14 aromatic rings. The van der Waals surface area contributed by atoms with Crippen LogP contribution >= 0.6 is 11.3 Å². The number of nitrogens with zero attached hydrogens (tertiary/aromatic N) is 4. The molecule has 0 spiro atoms. The molecule has 4 aromatic heterocycles. The van der Waals surface area contributed by atoms with Crippen LogP contribution in [0.2, 0.25) is 0 Å². The summed E-state index contributed by atoms with van der Waals surface area (Å²) in [5, 5.41) is 9.99. The molecule has 14 rings (SSSR count). The van der Waals surface area contributed by atoms with Crippen molar-refractivity contribution in [1.29, 1.82) is 0 Å². The van der Waals surface area contributed by atoms with Gasteiger partial charge in [0, 0.05) is 86.6 Å². The molecule has 0 aliphatic carbocycles. The highest BCUT2D eigenvalue weighted by atomic mass is 32.1. The molecule has 0 saturated carbocycles. The van der Waals surface area contributed by atoms with E-state index < -0.39 is 0 Å². The molecular weight excluding hydrogens is 809 g/mol. The molecule has 0 fully saturated rings. The van der Waals surface area contributed by atoms with Crippen LogP contribution in [0.1, 0.15) is 0 Å². The van der Waals surface area contributed by atoms with Crippen molar-refractivity contribution >= 4 is 114 Å². The number of anilines is 3. The zero-order chi connectivity index (χ0) is 42.6. The number of aromatic nitrogens is 3. The van der Waals surface area contributed by atoms with Crippen LogP contribution in [0.15, 0.2) is 231 Å². The average molecular weight is 847 g/mol. The van der Waals surface area contributed by atoms with Crippen molar-refractivity contribution in [3.8, 4) is 17.1 Å². The van der Waals surface area contributed by atoms with Gasteiger partial charge in [0.2, 0.25) is 0 Å². The maximum absolute atomic E-state index is 2.47. The number of fused-ring (bicyclic) bond motifs is 13.